The topological polar surface area (TPSA) is 68.5 Å². The Morgan fingerprint density at radius 2 is 2.12 bits per heavy atom. The van der Waals surface area contributed by atoms with Crippen LogP contribution in [-0.2, 0) is 4.74 Å². The Morgan fingerprint density at radius 1 is 1.25 bits per heavy atom. The van der Waals surface area contributed by atoms with Gasteiger partial charge in [-0.05, 0) is 42.7 Å². The molecule has 2 atom stereocenters. The van der Waals surface area contributed by atoms with Crippen LogP contribution in [0, 0.1) is 0 Å². The van der Waals surface area contributed by atoms with Crippen LogP contribution in [-0.4, -0.2) is 32.9 Å². The van der Waals surface area contributed by atoms with Crippen molar-refractivity contribution in [3.05, 3.63) is 66.5 Å². The van der Waals surface area contributed by atoms with Crippen LogP contribution in [0.2, 0.25) is 0 Å². The van der Waals surface area contributed by atoms with Crippen LogP contribution < -0.4 is 5.32 Å². The third-order valence-electron chi connectivity index (χ3n) is 4.35. The van der Waals surface area contributed by atoms with Crippen LogP contribution in [0.25, 0.3) is 5.52 Å². The molecule has 4 heterocycles. The maximum Gasteiger partial charge on any atom is 0.251 e. The van der Waals surface area contributed by atoms with Crippen molar-refractivity contribution in [1.29, 1.82) is 0 Å². The number of hydrogen-bond donors (Lipinski definition) is 1. The first kappa shape index (κ1) is 14.8. The van der Waals surface area contributed by atoms with Crippen LogP contribution in [0.15, 0.2) is 55.4 Å². The number of fused-ring (bicyclic) bond motifs is 1. The number of hydrogen-bond acceptors (Lipinski definition) is 4. The largest absolute Gasteiger partial charge is 0.371 e. The molecule has 1 N–H and O–H groups in total. The number of nitrogens with one attached hydrogen (secondary N) is 1. The van der Waals surface area contributed by atoms with Crippen molar-refractivity contribution >= 4 is 11.4 Å². The molecule has 6 heteroatoms. The third-order valence-corrected chi connectivity index (χ3v) is 4.35. The predicted octanol–water partition coefficient (Wildman–Crippen LogP) is 2.38. The Balaban J connectivity index is 1.54. The lowest BCUT2D eigenvalue weighted by molar-refractivity contribution is -0.00950. The van der Waals surface area contributed by atoms with Crippen LogP contribution in [0.5, 0.6) is 0 Å². The molecule has 0 radical (unpaired) electrons. The fourth-order valence-corrected chi connectivity index (χ4v) is 3.12. The van der Waals surface area contributed by atoms with Crippen molar-refractivity contribution < 1.29 is 9.53 Å². The maximum atomic E-state index is 12.6. The molecule has 0 spiro atoms. The van der Waals surface area contributed by atoms with E-state index in [9.17, 15) is 4.79 Å². The average Bonchev–Trinajstić information content (AvgIpc) is 3.10. The zero-order valence-electron chi connectivity index (χ0n) is 13.1. The number of carbonyl (C=O) groups is 1. The predicted molar refractivity (Wildman–Crippen MR) is 88.6 cm³/mol. The summed E-state index contributed by atoms with van der Waals surface area (Å²) in [5.41, 5.74) is 2.57. The Kier molecular flexibility index (Phi) is 3.96. The van der Waals surface area contributed by atoms with E-state index >= 15 is 0 Å². The monoisotopic (exact) mass is 322 g/mol. The molecule has 1 fully saturated rings. The summed E-state index contributed by atoms with van der Waals surface area (Å²) in [6.45, 7) is 0.709. The van der Waals surface area contributed by atoms with Gasteiger partial charge in [-0.25, -0.2) is 4.98 Å². The Morgan fingerprint density at radius 3 is 3.00 bits per heavy atom. The zero-order chi connectivity index (χ0) is 16.4. The summed E-state index contributed by atoms with van der Waals surface area (Å²) in [4.78, 5) is 20.8. The maximum absolute atomic E-state index is 12.6. The van der Waals surface area contributed by atoms with Crippen LogP contribution in [0.4, 0.5) is 0 Å². The second kappa shape index (κ2) is 6.41. The number of ether oxygens (including phenoxy) is 1. The highest BCUT2D eigenvalue weighted by Gasteiger charge is 2.29. The number of amides is 1. The fourth-order valence-electron chi connectivity index (χ4n) is 3.12. The van der Waals surface area contributed by atoms with E-state index in [0.29, 0.717) is 12.2 Å². The van der Waals surface area contributed by atoms with Crippen LogP contribution >= 0.6 is 0 Å². The molecular formula is C18H18N4O2. The number of pyridine rings is 2. The second-order valence-electron chi connectivity index (χ2n) is 5.94. The standard InChI is InChI=1S/C18H18N4O2/c23-18(14-5-8-22-12-20-11-15(22)10-14)21-16-2-1-9-24-17(16)13-3-6-19-7-4-13/h3-8,10-12,16-17H,1-2,9H2,(H,21,23)/t16-,17+/m0/s1. The number of rotatable bonds is 3. The molecule has 122 valence electrons. The number of nitrogens with zero attached hydrogens (tertiary/aromatic N) is 3. The van der Waals surface area contributed by atoms with Crippen molar-refractivity contribution in [3.8, 4) is 0 Å². The van der Waals surface area contributed by atoms with Crippen molar-refractivity contribution in [3.63, 3.8) is 0 Å². The van der Waals surface area contributed by atoms with Crippen molar-refractivity contribution in [1.82, 2.24) is 19.7 Å². The third kappa shape index (κ3) is 2.88. The SMILES string of the molecule is O=C(N[C@H]1CCCO[C@@H]1c1ccncc1)c1ccn2cncc2c1. The summed E-state index contributed by atoms with van der Waals surface area (Å²) < 4.78 is 7.79. The summed E-state index contributed by atoms with van der Waals surface area (Å²) in [5.74, 6) is -0.0896. The molecule has 0 saturated carbocycles. The van der Waals surface area contributed by atoms with Gasteiger partial charge in [-0.1, -0.05) is 0 Å². The Bertz CT molecular complexity index is 846. The molecule has 3 aromatic heterocycles. The van der Waals surface area contributed by atoms with E-state index in [-0.39, 0.29) is 18.1 Å². The molecule has 1 saturated heterocycles. The lowest BCUT2D eigenvalue weighted by Gasteiger charge is -2.32. The van der Waals surface area contributed by atoms with E-state index in [2.05, 4.69) is 15.3 Å². The Hall–Kier alpha value is -2.73. The zero-order valence-corrected chi connectivity index (χ0v) is 13.1. The highest BCUT2D eigenvalue weighted by Crippen LogP contribution is 2.28. The minimum Gasteiger partial charge on any atom is -0.371 e. The van der Waals surface area contributed by atoms with Gasteiger partial charge in [0.1, 0.15) is 6.10 Å². The summed E-state index contributed by atoms with van der Waals surface area (Å²) in [7, 11) is 0. The number of imidazole rings is 1. The summed E-state index contributed by atoms with van der Waals surface area (Å²) in [6.07, 6.45) is 10.5. The lowest BCUT2D eigenvalue weighted by Crippen LogP contribution is -2.42. The molecule has 3 aromatic rings. The van der Waals surface area contributed by atoms with Crippen LogP contribution in [0.3, 0.4) is 0 Å². The van der Waals surface area contributed by atoms with Gasteiger partial charge in [0.2, 0.25) is 0 Å². The molecule has 0 bridgehead atoms. The quantitative estimate of drug-likeness (QED) is 0.804. The summed E-state index contributed by atoms with van der Waals surface area (Å²) >= 11 is 0. The molecule has 0 aromatic carbocycles. The van der Waals surface area contributed by atoms with Gasteiger partial charge in [0, 0.05) is 30.8 Å². The minimum absolute atomic E-state index is 0.0465. The molecule has 1 amide bonds. The molecule has 4 rings (SSSR count). The van der Waals surface area contributed by atoms with Gasteiger partial charge in [-0.3, -0.25) is 9.78 Å². The minimum atomic E-state index is -0.135. The molecular weight excluding hydrogens is 304 g/mol. The first-order chi connectivity index (χ1) is 11.8. The van der Waals surface area contributed by atoms with Gasteiger partial charge in [-0.2, -0.15) is 0 Å². The van der Waals surface area contributed by atoms with Crippen molar-refractivity contribution in [2.24, 2.45) is 0 Å². The number of aromatic nitrogens is 3. The molecule has 1 aliphatic heterocycles. The molecule has 24 heavy (non-hydrogen) atoms. The van der Waals surface area contributed by atoms with Gasteiger partial charge < -0.3 is 14.5 Å². The fraction of sp³-hybridized carbons (Fsp3) is 0.278. The van der Waals surface area contributed by atoms with Gasteiger partial charge >= 0.3 is 0 Å². The second-order valence-corrected chi connectivity index (χ2v) is 5.94. The van der Waals surface area contributed by atoms with E-state index in [1.165, 1.54) is 0 Å². The van der Waals surface area contributed by atoms with Gasteiger partial charge in [0.15, 0.2) is 0 Å². The highest BCUT2D eigenvalue weighted by atomic mass is 16.5. The first-order valence-electron chi connectivity index (χ1n) is 8.05. The first-order valence-corrected chi connectivity index (χ1v) is 8.05. The molecule has 1 aliphatic rings. The Labute approximate surface area is 139 Å². The summed E-state index contributed by atoms with van der Waals surface area (Å²) in [6, 6.07) is 7.47. The number of carbonyl (C=O) groups excluding carboxylic acids is 1. The van der Waals surface area contributed by atoms with E-state index < -0.39 is 0 Å². The van der Waals surface area contributed by atoms with Gasteiger partial charge in [-0.15, -0.1) is 0 Å². The average molecular weight is 322 g/mol. The van der Waals surface area contributed by atoms with Gasteiger partial charge in [0.05, 0.1) is 24.1 Å². The molecule has 0 unspecified atom stereocenters. The van der Waals surface area contributed by atoms with E-state index in [1.54, 1.807) is 31.0 Å². The molecule has 6 nitrogen and oxygen atoms in total. The van der Waals surface area contributed by atoms with Crippen LogP contribution in [0.1, 0.15) is 34.9 Å². The van der Waals surface area contributed by atoms with Crippen molar-refractivity contribution in [2.45, 2.75) is 25.0 Å². The van der Waals surface area contributed by atoms with Gasteiger partial charge in [0.25, 0.3) is 5.91 Å². The summed E-state index contributed by atoms with van der Waals surface area (Å²) in [5, 5.41) is 3.13. The van der Waals surface area contributed by atoms with E-state index in [0.717, 1.165) is 23.9 Å². The lowest BCUT2D eigenvalue weighted by atomic mass is 9.96. The van der Waals surface area contributed by atoms with E-state index in [4.69, 9.17) is 4.74 Å². The smallest absolute Gasteiger partial charge is 0.251 e. The normalized spacial score (nSPS) is 20.8. The highest BCUT2D eigenvalue weighted by molar-refractivity contribution is 5.95. The van der Waals surface area contributed by atoms with Crippen molar-refractivity contribution in [2.75, 3.05) is 6.61 Å². The van der Waals surface area contributed by atoms with E-state index in [1.807, 2.05) is 28.8 Å². The molecule has 0 aliphatic carbocycles.